The van der Waals surface area contributed by atoms with E-state index in [9.17, 15) is 4.79 Å². The number of hydrogen-bond acceptors (Lipinski definition) is 3. The molecule has 1 unspecified atom stereocenters. The second kappa shape index (κ2) is 8.48. The lowest BCUT2D eigenvalue weighted by Crippen LogP contribution is -2.33. The predicted molar refractivity (Wildman–Crippen MR) is 75.6 cm³/mol. The third-order valence-electron chi connectivity index (χ3n) is 3.87. The molecule has 0 aromatic carbocycles. The van der Waals surface area contributed by atoms with Crippen LogP contribution < -0.4 is 5.32 Å². The highest BCUT2D eigenvalue weighted by molar-refractivity contribution is 5.76. The van der Waals surface area contributed by atoms with E-state index in [0.29, 0.717) is 18.2 Å². The molecule has 0 spiro atoms. The Kier molecular flexibility index (Phi) is 7.28. The second-order valence-electron chi connectivity index (χ2n) is 5.19. The van der Waals surface area contributed by atoms with Crippen molar-refractivity contribution in [3.63, 3.8) is 0 Å². The SMILES string of the molecule is CCN(CC)CC1CCN(C(=O)CCCNC)C1. The van der Waals surface area contributed by atoms with Gasteiger partial charge in [0.15, 0.2) is 0 Å². The summed E-state index contributed by atoms with van der Waals surface area (Å²) in [7, 11) is 1.93. The predicted octanol–water partition coefficient (Wildman–Crippen LogP) is 1.18. The molecule has 1 saturated heterocycles. The van der Waals surface area contributed by atoms with E-state index in [1.807, 2.05) is 7.05 Å². The molecular weight excluding hydrogens is 226 g/mol. The van der Waals surface area contributed by atoms with Crippen molar-refractivity contribution in [1.29, 1.82) is 0 Å². The molecule has 1 aliphatic heterocycles. The zero-order chi connectivity index (χ0) is 13.4. The van der Waals surface area contributed by atoms with Crippen LogP contribution in [0.5, 0.6) is 0 Å². The van der Waals surface area contributed by atoms with Crippen molar-refractivity contribution >= 4 is 5.91 Å². The van der Waals surface area contributed by atoms with E-state index in [-0.39, 0.29) is 0 Å². The van der Waals surface area contributed by atoms with Crippen molar-refractivity contribution in [2.45, 2.75) is 33.1 Å². The molecule has 0 aromatic heterocycles. The van der Waals surface area contributed by atoms with Gasteiger partial charge in [0.05, 0.1) is 0 Å². The van der Waals surface area contributed by atoms with Crippen molar-refractivity contribution in [2.24, 2.45) is 5.92 Å². The first kappa shape index (κ1) is 15.4. The van der Waals surface area contributed by atoms with Crippen LogP contribution in [0.25, 0.3) is 0 Å². The highest BCUT2D eigenvalue weighted by atomic mass is 16.2. The quantitative estimate of drug-likeness (QED) is 0.662. The Labute approximate surface area is 112 Å². The number of nitrogens with zero attached hydrogens (tertiary/aromatic N) is 2. The van der Waals surface area contributed by atoms with E-state index in [4.69, 9.17) is 0 Å². The van der Waals surface area contributed by atoms with Gasteiger partial charge in [-0.25, -0.2) is 0 Å². The molecule has 0 radical (unpaired) electrons. The molecule has 0 aromatic rings. The van der Waals surface area contributed by atoms with Crippen LogP contribution in [0.15, 0.2) is 0 Å². The molecular formula is C14H29N3O. The Balaban J connectivity index is 2.25. The van der Waals surface area contributed by atoms with Gasteiger partial charge < -0.3 is 15.1 Å². The average molecular weight is 255 g/mol. The molecule has 1 N–H and O–H groups in total. The van der Waals surface area contributed by atoms with E-state index < -0.39 is 0 Å². The van der Waals surface area contributed by atoms with Crippen LogP contribution in [0.2, 0.25) is 0 Å². The van der Waals surface area contributed by atoms with Crippen molar-refractivity contribution in [3.8, 4) is 0 Å². The topological polar surface area (TPSA) is 35.6 Å². The maximum atomic E-state index is 12.0. The molecule has 4 heteroatoms. The number of amides is 1. The Bertz CT molecular complexity index is 241. The Hall–Kier alpha value is -0.610. The van der Waals surface area contributed by atoms with Crippen molar-refractivity contribution in [1.82, 2.24) is 15.1 Å². The van der Waals surface area contributed by atoms with E-state index >= 15 is 0 Å². The first-order chi connectivity index (χ1) is 8.71. The molecule has 1 heterocycles. The summed E-state index contributed by atoms with van der Waals surface area (Å²) in [4.78, 5) is 16.5. The summed E-state index contributed by atoms with van der Waals surface area (Å²) in [6.07, 6.45) is 2.82. The minimum Gasteiger partial charge on any atom is -0.342 e. The lowest BCUT2D eigenvalue weighted by molar-refractivity contribution is -0.130. The van der Waals surface area contributed by atoms with Crippen molar-refractivity contribution in [2.75, 3.05) is 46.3 Å². The van der Waals surface area contributed by atoms with Crippen LogP contribution in [-0.2, 0) is 4.79 Å². The van der Waals surface area contributed by atoms with Gasteiger partial charge in [0.2, 0.25) is 5.91 Å². The molecule has 106 valence electrons. The van der Waals surface area contributed by atoms with Gasteiger partial charge in [-0.2, -0.15) is 0 Å². The number of carbonyl (C=O) groups excluding carboxylic acids is 1. The van der Waals surface area contributed by atoms with E-state index in [2.05, 4.69) is 29.0 Å². The van der Waals surface area contributed by atoms with Gasteiger partial charge in [-0.05, 0) is 45.4 Å². The zero-order valence-corrected chi connectivity index (χ0v) is 12.2. The van der Waals surface area contributed by atoms with E-state index in [0.717, 1.165) is 45.7 Å². The van der Waals surface area contributed by atoms with Gasteiger partial charge in [-0.15, -0.1) is 0 Å². The minimum atomic E-state index is 0.340. The van der Waals surface area contributed by atoms with Crippen LogP contribution >= 0.6 is 0 Å². The molecule has 1 amide bonds. The molecule has 1 rings (SSSR count). The highest BCUT2D eigenvalue weighted by Crippen LogP contribution is 2.18. The second-order valence-corrected chi connectivity index (χ2v) is 5.19. The molecule has 0 aliphatic carbocycles. The van der Waals surface area contributed by atoms with Gasteiger partial charge in [0.25, 0.3) is 0 Å². The smallest absolute Gasteiger partial charge is 0.222 e. The Morgan fingerprint density at radius 1 is 1.39 bits per heavy atom. The number of hydrogen-bond donors (Lipinski definition) is 1. The van der Waals surface area contributed by atoms with Gasteiger partial charge in [0.1, 0.15) is 0 Å². The number of likely N-dealkylation sites (tertiary alicyclic amines) is 1. The first-order valence-electron chi connectivity index (χ1n) is 7.35. The van der Waals surface area contributed by atoms with Crippen LogP contribution in [0.3, 0.4) is 0 Å². The van der Waals surface area contributed by atoms with Gasteiger partial charge >= 0.3 is 0 Å². The molecule has 0 saturated carbocycles. The Morgan fingerprint density at radius 3 is 2.72 bits per heavy atom. The van der Waals surface area contributed by atoms with E-state index in [1.54, 1.807) is 0 Å². The third-order valence-corrected chi connectivity index (χ3v) is 3.87. The number of nitrogens with one attached hydrogen (secondary N) is 1. The average Bonchev–Trinajstić information content (AvgIpc) is 2.84. The maximum Gasteiger partial charge on any atom is 0.222 e. The standard InChI is InChI=1S/C14H29N3O/c1-4-16(5-2)11-13-8-10-17(12-13)14(18)7-6-9-15-3/h13,15H,4-12H2,1-3H3. The molecule has 4 nitrogen and oxygen atoms in total. The summed E-state index contributed by atoms with van der Waals surface area (Å²) >= 11 is 0. The van der Waals surface area contributed by atoms with Crippen molar-refractivity contribution < 1.29 is 4.79 Å². The van der Waals surface area contributed by atoms with E-state index in [1.165, 1.54) is 6.42 Å². The van der Waals surface area contributed by atoms with Gasteiger partial charge in [-0.3, -0.25) is 4.79 Å². The monoisotopic (exact) mass is 255 g/mol. The Morgan fingerprint density at radius 2 is 2.11 bits per heavy atom. The molecule has 1 aliphatic rings. The molecule has 1 fully saturated rings. The van der Waals surface area contributed by atoms with Gasteiger partial charge in [-0.1, -0.05) is 13.8 Å². The summed E-state index contributed by atoms with van der Waals surface area (Å²) in [5.74, 6) is 1.02. The van der Waals surface area contributed by atoms with Crippen LogP contribution in [0.4, 0.5) is 0 Å². The number of rotatable bonds is 8. The maximum absolute atomic E-state index is 12.0. The van der Waals surface area contributed by atoms with Crippen LogP contribution in [0.1, 0.15) is 33.1 Å². The first-order valence-corrected chi connectivity index (χ1v) is 7.35. The largest absolute Gasteiger partial charge is 0.342 e. The summed E-state index contributed by atoms with van der Waals surface area (Å²) in [5, 5.41) is 3.09. The summed E-state index contributed by atoms with van der Waals surface area (Å²) < 4.78 is 0. The number of carbonyl (C=O) groups is 1. The normalized spacial score (nSPS) is 19.8. The molecule has 1 atom stereocenters. The van der Waals surface area contributed by atoms with Crippen LogP contribution in [-0.4, -0.2) is 62.0 Å². The fourth-order valence-corrected chi connectivity index (χ4v) is 2.63. The summed E-state index contributed by atoms with van der Waals surface area (Å²) in [6, 6.07) is 0. The highest BCUT2D eigenvalue weighted by Gasteiger charge is 2.26. The third kappa shape index (κ3) is 4.94. The fourth-order valence-electron chi connectivity index (χ4n) is 2.63. The summed E-state index contributed by atoms with van der Waals surface area (Å²) in [6.45, 7) is 10.7. The zero-order valence-electron chi connectivity index (χ0n) is 12.2. The lowest BCUT2D eigenvalue weighted by atomic mass is 10.1. The minimum absolute atomic E-state index is 0.340. The summed E-state index contributed by atoms with van der Waals surface area (Å²) in [5.41, 5.74) is 0. The van der Waals surface area contributed by atoms with Crippen LogP contribution in [0, 0.1) is 5.92 Å². The molecule has 18 heavy (non-hydrogen) atoms. The van der Waals surface area contributed by atoms with Crippen molar-refractivity contribution in [3.05, 3.63) is 0 Å². The van der Waals surface area contributed by atoms with Gasteiger partial charge in [0, 0.05) is 26.1 Å². The molecule has 0 bridgehead atoms. The lowest BCUT2D eigenvalue weighted by Gasteiger charge is -2.22. The fraction of sp³-hybridized carbons (Fsp3) is 0.929.